The Labute approximate surface area is 124 Å². The van der Waals surface area contributed by atoms with Crippen LogP contribution in [0.25, 0.3) is 0 Å². The Morgan fingerprint density at radius 3 is 2.29 bits per heavy atom. The van der Waals surface area contributed by atoms with Gasteiger partial charge in [0.15, 0.2) is 11.6 Å². The first-order valence-electron chi connectivity index (χ1n) is 7.12. The van der Waals surface area contributed by atoms with Gasteiger partial charge in [-0.25, -0.2) is 8.78 Å². The van der Waals surface area contributed by atoms with Gasteiger partial charge < -0.3 is 0 Å². The van der Waals surface area contributed by atoms with Gasteiger partial charge in [-0.2, -0.15) is 17.4 Å². The second-order valence-electron chi connectivity index (χ2n) is 5.33. The van der Waals surface area contributed by atoms with Gasteiger partial charge in [0.05, 0.1) is 0 Å². The fourth-order valence-corrected chi connectivity index (χ4v) is 3.90. The highest BCUT2D eigenvalue weighted by Crippen LogP contribution is 2.19. The Morgan fingerprint density at radius 1 is 1.10 bits per heavy atom. The molecule has 1 aliphatic heterocycles. The normalized spacial score (nSPS) is 19.2. The van der Waals surface area contributed by atoms with Crippen LogP contribution in [0, 0.1) is 11.6 Å². The van der Waals surface area contributed by atoms with Gasteiger partial charge in [-0.1, -0.05) is 18.9 Å². The van der Waals surface area contributed by atoms with E-state index in [1.807, 2.05) is 0 Å². The Balaban J connectivity index is 2.09. The van der Waals surface area contributed by atoms with Crippen LogP contribution in [-0.2, 0) is 10.2 Å². The molecule has 0 spiro atoms. The summed E-state index contributed by atoms with van der Waals surface area (Å²) < 4.78 is 54.7. The predicted octanol–water partition coefficient (Wildman–Crippen LogP) is 2.74. The standard InChI is InChI=1S/C14H20F2N2O2S/c1-11(12-6-7-13(15)14(16)10-12)17-21(19,20)18-8-4-2-3-5-9-18/h6-7,10-11,17H,2-5,8-9H2,1H3/t11-/m1/s1. The molecular formula is C14H20F2N2O2S. The van der Waals surface area contributed by atoms with Crippen molar-refractivity contribution in [3.05, 3.63) is 35.4 Å². The van der Waals surface area contributed by atoms with Crippen LogP contribution in [0.15, 0.2) is 18.2 Å². The first kappa shape index (κ1) is 16.3. The zero-order valence-electron chi connectivity index (χ0n) is 12.0. The first-order valence-corrected chi connectivity index (χ1v) is 8.56. The van der Waals surface area contributed by atoms with Gasteiger partial charge in [-0.15, -0.1) is 0 Å². The second-order valence-corrected chi connectivity index (χ2v) is 7.03. The molecule has 1 N–H and O–H groups in total. The SMILES string of the molecule is C[C@@H](NS(=O)(=O)N1CCCCCC1)c1ccc(F)c(F)c1. The van der Waals surface area contributed by atoms with Crippen molar-refractivity contribution < 1.29 is 17.2 Å². The summed E-state index contributed by atoms with van der Waals surface area (Å²) in [4.78, 5) is 0. The molecule has 4 nitrogen and oxygen atoms in total. The third kappa shape index (κ3) is 4.21. The van der Waals surface area contributed by atoms with Gasteiger partial charge in [-0.3, -0.25) is 0 Å². The van der Waals surface area contributed by atoms with Crippen LogP contribution in [0.5, 0.6) is 0 Å². The van der Waals surface area contributed by atoms with E-state index in [-0.39, 0.29) is 0 Å². The molecule has 21 heavy (non-hydrogen) atoms. The van der Waals surface area contributed by atoms with Crippen molar-refractivity contribution in [2.75, 3.05) is 13.1 Å². The Hall–Kier alpha value is -1.05. The lowest BCUT2D eigenvalue weighted by Crippen LogP contribution is -2.42. The average molecular weight is 318 g/mol. The van der Waals surface area contributed by atoms with Gasteiger partial charge in [0.25, 0.3) is 10.2 Å². The van der Waals surface area contributed by atoms with Crippen LogP contribution in [0.2, 0.25) is 0 Å². The minimum Gasteiger partial charge on any atom is -0.204 e. The molecule has 0 amide bonds. The lowest BCUT2D eigenvalue weighted by atomic mass is 10.1. The molecule has 1 aromatic carbocycles. The number of nitrogens with one attached hydrogen (secondary N) is 1. The van der Waals surface area contributed by atoms with E-state index in [0.717, 1.165) is 37.8 Å². The third-order valence-corrected chi connectivity index (χ3v) is 5.37. The van der Waals surface area contributed by atoms with Crippen LogP contribution in [0.1, 0.15) is 44.2 Å². The molecule has 1 atom stereocenters. The highest BCUT2D eigenvalue weighted by molar-refractivity contribution is 7.87. The highest BCUT2D eigenvalue weighted by Gasteiger charge is 2.25. The van der Waals surface area contributed by atoms with Crippen molar-refractivity contribution in [1.82, 2.24) is 9.03 Å². The molecule has 1 aromatic rings. The summed E-state index contributed by atoms with van der Waals surface area (Å²) in [6, 6.07) is 2.79. The third-order valence-electron chi connectivity index (χ3n) is 3.67. The van der Waals surface area contributed by atoms with E-state index in [9.17, 15) is 17.2 Å². The van der Waals surface area contributed by atoms with Crippen LogP contribution in [0.3, 0.4) is 0 Å². The van der Waals surface area contributed by atoms with Crippen LogP contribution in [-0.4, -0.2) is 25.8 Å². The van der Waals surface area contributed by atoms with Gasteiger partial charge >= 0.3 is 0 Å². The first-order chi connectivity index (χ1) is 9.90. The minimum absolute atomic E-state index is 0.396. The Morgan fingerprint density at radius 2 is 1.71 bits per heavy atom. The molecule has 0 bridgehead atoms. The fraction of sp³-hybridized carbons (Fsp3) is 0.571. The zero-order chi connectivity index (χ0) is 15.5. The molecule has 7 heteroatoms. The molecule has 0 aliphatic carbocycles. The lowest BCUT2D eigenvalue weighted by molar-refractivity contribution is 0.409. The minimum atomic E-state index is -3.61. The van der Waals surface area contributed by atoms with Crippen LogP contribution in [0.4, 0.5) is 8.78 Å². The molecule has 1 saturated heterocycles. The lowest BCUT2D eigenvalue weighted by Gasteiger charge is -2.23. The summed E-state index contributed by atoms with van der Waals surface area (Å²) in [5.74, 6) is -1.92. The van der Waals surface area contributed by atoms with E-state index in [1.165, 1.54) is 10.4 Å². The number of rotatable bonds is 4. The summed E-state index contributed by atoms with van der Waals surface area (Å²) in [6.45, 7) is 2.61. The topological polar surface area (TPSA) is 49.4 Å². The highest BCUT2D eigenvalue weighted by atomic mass is 32.2. The Bertz CT molecular complexity index is 585. The molecule has 1 heterocycles. The molecule has 0 saturated carbocycles. The van der Waals surface area contributed by atoms with E-state index in [2.05, 4.69) is 4.72 Å². The fourth-order valence-electron chi connectivity index (χ4n) is 2.43. The molecule has 2 rings (SSSR count). The summed E-state index contributed by atoms with van der Waals surface area (Å²) >= 11 is 0. The monoisotopic (exact) mass is 318 g/mol. The van der Waals surface area contributed by atoms with E-state index in [0.29, 0.717) is 18.7 Å². The van der Waals surface area contributed by atoms with Crippen molar-refractivity contribution in [2.45, 2.75) is 38.6 Å². The average Bonchev–Trinajstić information content (AvgIpc) is 2.70. The van der Waals surface area contributed by atoms with Gasteiger partial charge in [-0.05, 0) is 37.5 Å². The van der Waals surface area contributed by atoms with Gasteiger partial charge in [0, 0.05) is 19.1 Å². The van der Waals surface area contributed by atoms with Crippen molar-refractivity contribution >= 4 is 10.2 Å². The van der Waals surface area contributed by atoms with E-state index in [4.69, 9.17) is 0 Å². The summed E-state index contributed by atoms with van der Waals surface area (Å²) in [5.41, 5.74) is 0.396. The molecular weight excluding hydrogens is 298 g/mol. The number of hydrogen-bond donors (Lipinski definition) is 1. The van der Waals surface area contributed by atoms with Gasteiger partial charge in [0.1, 0.15) is 0 Å². The molecule has 1 aliphatic rings. The Kier molecular flexibility index (Phi) is 5.29. The summed E-state index contributed by atoms with van der Waals surface area (Å²) in [7, 11) is -3.61. The summed E-state index contributed by atoms with van der Waals surface area (Å²) in [6.07, 6.45) is 3.76. The second kappa shape index (κ2) is 6.81. The van der Waals surface area contributed by atoms with E-state index < -0.39 is 27.9 Å². The molecule has 0 aromatic heterocycles. The number of hydrogen-bond acceptors (Lipinski definition) is 2. The maximum Gasteiger partial charge on any atom is 0.279 e. The maximum absolute atomic E-state index is 13.2. The summed E-state index contributed by atoms with van der Waals surface area (Å²) in [5, 5.41) is 0. The van der Waals surface area contributed by atoms with Crippen molar-refractivity contribution in [1.29, 1.82) is 0 Å². The van der Waals surface area contributed by atoms with E-state index in [1.54, 1.807) is 6.92 Å². The van der Waals surface area contributed by atoms with Crippen LogP contribution >= 0.6 is 0 Å². The molecule has 0 radical (unpaired) electrons. The quantitative estimate of drug-likeness (QED) is 0.928. The van der Waals surface area contributed by atoms with E-state index >= 15 is 0 Å². The van der Waals surface area contributed by atoms with Crippen molar-refractivity contribution in [3.8, 4) is 0 Å². The van der Waals surface area contributed by atoms with Crippen molar-refractivity contribution in [2.24, 2.45) is 0 Å². The predicted molar refractivity (Wildman–Crippen MR) is 76.9 cm³/mol. The molecule has 1 fully saturated rings. The zero-order valence-corrected chi connectivity index (χ0v) is 12.8. The number of halogens is 2. The maximum atomic E-state index is 13.2. The van der Waals surface area contributed by atoms with Crippen molar-refractivity contribution in [3.63, 3.8) is 0 Å². The smallest absolute Gasteiger partial charge is 0.204 e. The number of nitrogens with zero attached hydrogens (tertiary/aromatic N) is 1. The molecule has 0 unspecified atom stereocenters. The largest absolute Gasteiger partial charge is 0.279 e. The number of benzene rings is 1. The van der Waals surface area contributed by atoms with Gasteiger partial charge in [0.2, 0.25) is 0 Å². The van der Waals surface area contributed by atoms with Crippen LogP contribution < -0.4 is 4.72 Å². The molecule has 118 valence electrons.